The summed E-state index contributed by atoms with van der Waals surface area (Å²) in [4.78, 5) is 27.3. The molecule has 0 unspecified atom stereocenters. The van der Waals surface area contributed by atoms with Crippen molar-refractivity contribution in [3.8, 4) is 11.3 Å². The fourth-order valence-corrected chi connectivity index (χ4v) is 3.09. The molecule has 30 heavy (non-hydrogen) atoms. The lowest BCUT2D eigenvalue weighted by atomic mass is 10.0. The number of rotatable bonds is 5. The van der Waals surface area contributed by atoms with Gasteiger partial charge in [0, 0.05) is 17.7 Å². The molecule has 0 atom stereocenters. The molecule has 0 amide bonds. The average Bonchev–Trinajstić information content (AvgIpc) is 3.35. The largest absolute Gasteiger partial charge is 0.456 e. The smallest absolute Gasteiger partial charge is 0.363 e. The average molecular weight is 402 g/mol. The van der Waals surface area contributed by atoms with E-state index in [1.165, 1.54) is 17.7 Å². The number of nitro groups is 1. The summed E-state index contributed by atoms with van der Waals surface area (Å²) in [7, 11) is 0. The van der Waals surface area contributed by atoms with Crippen LogP contribution in [0, 0.1) is 10.1 Å². The van der Waals surface area contributed by atoms with Gasteiger partial charge in [0.1, 0.15) is 11.5 Å². The molecule has 7 nitrogen and oxygen atoms in total. The van der Waals surface area contributed by atoms with Crippen molar-refractivity contribution >= 4 is 23.6 Å². The molecule has 0 saturated heterocycles. The van der Waals surface area contributed by atoms with E-state index in [9.17, 15) is 14.9 Å². The molecule has 1 aliphatic rings. The number of aliphatic imine (C=N–C) groups is 1. The quantitative estimate of drug-likeness (QED) is 0.249. The Morgan fingerprint density at radius 2 is 1.77 bits per heavy atom. The van der Waals surface area contributed by atoms with E-state index in [-0.39, 0.29) is 17.3 Å². The van der Waals surface area contributed by atoms with E-state index in [0.29, 0.717) is 28.6 Å². The first-order valence-electron chi connectivity index (χ1n) is 9.39. The first kappa shape index (κ1) is 19.3. The summed E-state index contributed by atoms with van der Waals surface area (Å²) in [5, 5.41) is 11.2. The minimum Gasteiger partial charge on any atom is -0.456 e. The molecule has 2 aromatic carbocycles. The predicted octanol–water partition coefficient (Wildman–Crippen LogP) is 5.32. The van der Waals surface area contributed by atoms with Crippen molar-refractivity contribution < 1.29 is 18.9 Å². The molecule has 7 heteroatoms. The van der Waals surface area contributed by atoms with Gasteiger partial charge < -0.3 is 9.15 Å². The number of furan rings is 1. The monoisotopic (exact) mass is 402 g/mol. The molecule has 0 bridgehead atoms. The highest BCUT2D eigenvalue weighted by molar-refractivity contribution is 6.12. The summed E-state index contributed by atoms with van der Waals surface area (Å²) in [5.41, 5.74) is 2.28. The zero-order chi connectivity index (χ0) is 21.3. The van der Waals surface area contributed by atoms with Crippen LogP contribution >= 0.6 is 0 Å². The lowest BCUT2D eigenvalue weighted by molar-refractivity contribution is -0.384. The van der Waals surface area contributed by atoms with Gasteiger partial charge in [-0.25, -0.2) is 9.79 Å². The van der Waals surface area contributed by atoms with E-state index < -0.39 is 10.9 Å². The summed E-state index contributed by atoms with van der Waals surface area (Å²) >= 11 is 0. The molecule has 4 rings (SSSR count). The van der Waals surface area contributed by atoms with Crippen LogP contribution in [0.1, 0.15) is 36.7 Å². The summed E-state index contributed by atoms with van der Waals surface area (Å²) in [5.74, 6) is 0.717. The van der Waals surface area contributed by atoms with Gasteiger partial charge in [-0.1, -0.05) is 38.1 Å². The van der Waals surface area contributed by atoms with Gasteiger partial charge in [-0.15, -0.1) is 0 Å². The SMILES string of the molecule is CC(C)c1ccc(C2=N/C(=C\c3ccc(-c4ccccc4[N+](=O)[O-])o3)C(=O)O2)cc1. The standard InChI is InChI=1S/C23H18N2O5/c1-14(2)15-7-9-16(10-8-15)22-24-19(23(26)30-22)13-17-11-12-21(29-17)18-5-3-4-6-20(18)25(27)28/h3-14H,1-2H3/b19-13-. The summed E-state index contributed by atoms with van der Waals surface area (Å²) in [6, 6.07) is 17.2. The first-order valence-corrected chi connectivity index (χ1v) is 9.39. The first-order chi connectivity index (χ1) is 14.4. The number of hydrogen-bond acceptors (Lipinski definition) is 6. The van der Waals surface area contributed by atoms with E-state index >= 15 is 0 Å². The molecule has 0 radical (unpaired) electrons. The molecule has 3 aromatic rings. The van der Waals surface area contributed by atoms with Crippen molar-refractivity contribution in [2.75, 3.05) is 0 Å². The number of esters is 1. The van der Waals surface area contributed by atoms with Crippen molar-refractivity contribution in [1.29, 1.82) is 0 Å². The highest BCUT2D eigenvalue weighted by atomic mass is 16.6. The number of ether oxygens (including phenoxy) is 1. The molecule has 0 fully saturated rings. The van der Waals surface area contributed by atoms with Crippen LogP contribution in [0.15, 0.2) is 75.8 Å². The van der Waals surface area contributed by atoms with Crippen LogP contribution in [0.3, 0.4) is 0 Å². The maximum atomic E-state index is 12.2. The highest BCUT2D eigenvalue weighted by Crippen LogP contribution is 2.31. The molecule has 150 valence electrons. The minimum absolute atomic E-state index is 0.0588. The normalized spacial score (nSPS) is 14.8. The third-order valence-corrected chi connectivity index (χ3v) is 4.72. The van der Waals surface area contributed by atoms with E-state index in [2.05, 4.69) is 18.8 Å². The van der Waals surface area contributed by atoms with E-state index in [1.807, 2.05) is 24.3 Å². The number of nitro benzene ring substituents is 1. The van der Waals surface area contributed by atoms with Crippen molar-refractivity contribution in [3.05, 3.63) is 93.4 Å². The lowest BCUT2D eigenvalue weighted by Crippen LogP contribution is -2.05. The van der Waals surface area contributed by atoms with Crippen molar-refractivity contribution in [2.45, 2.75) is 19.8 Å². The number of hydrogen-bond donors (Lipinski definition) is 0. The number of cyclic esters (lactones) is 1. The van der Waals surface area contributed by atoms with Crippen LogP contribution in [-0.2, 0) is 9.53 Å². The summed E-state index contributed by atoms with van der Waals surface area (Å²) in [6.45, 7) is 4.20. The van der Waals surface area contributed by atoms with Crippen LogP contribution < -0.4 is 0 Å². The summed E-state index contributed by atoms with van der Waals surface area (Å²) < 4.78 is 11.0. The van der Waals surface area contributed by atoms with Crippen molar-refractivity contribution in [2.24, 2.45) is 4.99 Å². The van der Waals surface area contributed by atoms with Crippen LogP contribution in [0.25, 0.3) is 17.4 Å². The third-order valence-electron chi connectivity index (χ3n) is 4.72. The molecular weight excluding hydrogens is 384 g/mol. The Kier molecular flexibility index (Phi) is 5.02. The number of benzene rings is 2. The van der Waals surface area contributed by atoms with Crippen LogP contribution in [0.2, 0.25) is 0 Å². The Morgan fingerprint density at radius 1 is 1.03 bits per heavy atom. The Labute approximate surface area is 172 Å². The Hall–Kier alpha value is -4.00. The van der Waals surface area contributed by atoms with Crippen molar-refractivity contribution in [3.63, 3.8) is 0 Å². The van der Waals surface area contributed by atoms with E-state index in [1.54, 1.807) is 30.3 Å². The van der Waals surface area contributed by atoms with Gasteiger partial charge >= 0.3 is 5.97 Å². The lowest BCUT2D eigenvalue weighted by Gasteiger charge is -2.05. The van der Waals surface area contributed by atoms with Crippen LogP contribution in [-0.4, -0.2) is 16.8 Å². The molecule has 0 aliphatic carbocycles. The second kappa shape index (κ2) is 7.79. The van der Waals surface area contributed by atoms with Gasteiger partial charge in [0.05, 0.1) is 10.5 Å². The maximum Gasteiger partial charge on any atom is 0.363 e. The second-order valence-electron chi connectivity index (χ2n) is 7.09. The van der Waals surface area contributed by atoms with Gasteiger partial charge in [-0.05, 0) is 41.8 Å². The van der Waals surface area contributed by atoms with E-state index in [4.69, 9.17) is 9.15 Å². The van der Waals surface area contributed by atoms with Gasteiger partial charge in [0.2, 0.25) is 5.90 Å². The van der Waals surface area contributed by atoms with Crippen LogP contribution in [0.5, 0.6) is 0 Å². The third kappa shape index (κ3) is 3.77. The molecule has 0 spiro atoms. The molecular formula is C23H18N2O5. The van der Waals surface area contributed by atoms with Crippen molar-refractivity contribution in [1.82, 2.24) is 0 Å². The Balaban J connectivity index is 1.61. The minimum atomic E-state index is -0.582. The molecule has 0 N–H and O–H groups in total. The zero-order valence-electron chi connectivity index (χ0n) is 16.4. The van der Waals surface area contributed by atoms with Gasteiger partial charge in [-0.2, -0.15) is 0 Å². The van der Waals surface area contributed by atoms with E-state index in [0.717, 1.165) is 0 Å². The topological polar surface area (TPSA) is 94.9 Å². The highest BCUT2D eigenvalue weighted by Gasteiger charge is 2.25. The molecule has 1 aliphatic heterocycles. The molecule has 0 saturated carbocycles. The molecule has 2 heterocycles. The number of para-hydroxylation sites is 1. The number of carbonyl (C=O) groups is 1. The Morgan fingerprint density at radius 3 is 2.47 bits per heavy atom. The fourth-order valence-electron chi connectivity index (χ4n) is 3.09. The van der Waals surface area contributed by atoms with Crippen LogP contribution in [0.4, 0.5) is 5.69 Å². The van der Waals surface area contributed by atoms with Gasteiger partial charge in [0.15, 0.2) is 5.70 Å². The second-order valence-corrected chi connectivity index (χ2v) is 7.09. The predicted molar refractivity (Wildman–Crippen MR) is 112 cm³/mol. The number of carbonyl (C=O) groups excluding carboxylic acids is 1. The summed E-state index contributed by atoms with van der Waals surface area (Å²) in [6.07, 6.45) is 1.45. The zero-order valence-corrected chi connectivity index (χ0v) is 16.4. The Bertz CT molecular complexity index is 1190. The molecule has 1 aromatic heterocycles. The fraction of sp³-hybridized carbons (Fsp3) is 0.130. The number of nitrogens with zero attached hydrogens (tertiary/aromatic N) is 2. The van der Waals surface area contributed by atoms with Gasteiger partial charge in [-0.3, -0.25) is 10.1 Å². The maximum absolute atomic E-state index is 12.2. The van der Waals surface area contributed by atoms with Gasteiger partial charge in [0.25, 0.3) is 5.69 Å².